The first-order valence-electron chi connectivity index (χ1n) is 6.14. The molecule has 98 valence electrons. The molecule has 0 aromatic carbocycles. The predicted molar refractivity (Wildman–Crippen MR) is 69.6 cm³/mol. The van der Waals surface area contributed by atoms with E-state index in [1.165, 1.54) is 6.20 Å². The number of nitrogens with one attached hydrogen (secondary N) is 2. The maximum Gasteiger partial charge on any atom is 0.310 e. The van der Waals surface area contributed by atoms with E-state index in [1.54, 1.807) is 12.3 Å². The normalized spacial score (nSPS) is 18.3. The molecule has 1 aromatic rings. The first kappa shape index (κ1) is 12.8. The third-order valence-corrected chi connectivity index (χ3v) is 3.51. The molecule has 0 spiro atoms. The zero-order valence-electron chi connectivity index (χ0n) is 10.5. The Morgan fingerprint density at radius 3 is 2.94 bits per heavy atom. The molecule has 0 atom stereocenters. The monoisotopic (exact) mass is 250 g/mol. The predicted octanol–water partition coefficient (Wildman–Crippen LogP) is 1.79. The standard InChI is InChI=1S/C12H18N4O2/c1-12(3-6-13-7-4-12)9-15-10-2-5-14-8-11(10)16(17)18/h2,5,8,13H,3-4,6-7,9H2,1H3,(H,14,15). The summed E-state index contributed by atoms with van der Waals surface area (Å²) < 4.78 is 0. The van der Waals surface area contributed by atoms with Crippen molar-refractivity contribution in [3.8, 4) is 0 Å². The van der Waals surface area contributed by atoms with Gasteiger partial charge in [0.25, 0.3) is 0 Å². The average Bonchev–Trinajstić information content (AvgIpc) is 2.38. The summed E-state index contributed by atoms with van der Waals surface area (Å²) in [6.07, 6.45) is 5.02. The molecule has 18 heavy (non-hydrogen) atoms. The lowest BCUT2D eigenvalue weighted by Gasteiger charge is -2.34. The van der Waals surface area contributed by atoms with Gasteiger partial charge in [-0.2, -0.15) is 0 Å². The number of nitrogens with zero attached hydrogens (tertiary/aromatic N) is 2. The number of aromatic nitrogens is 1. The topological polar surface area (TPSA) is 80.1 Å². The Balaban J connectivity index is 2.03. The van der Waals surface area contributed by atoms with Gasteiger partial charge in [-0.3, -0.25) is 15.1 Å². The molecule has 2 rings (SSSR count). The number of piperidine rings is 1. The second kappa shape index (κ2) is 5.30. The van der Waals surface area contributed by atoms with Crippen LogP contribution in [-0.2, 0) is 0 Å². The van der Waals surface area contributed by atoms with E-state index < -0.39 is 4.92 Å². The molecule has 6 heteroatoms. The van der Waals surface area contributed by atoms with Crippen LogP contribution in [0.1, 0.15) is 19.8 Å². The Hall–Kier alpha value is -1.69. The molecule has 1 saturated heterocycles. The Morgan fingerprint density at radius 1 is 1.56 bits per heavy atom. The van der Waals surface area contributed by atoms with Crippen molar-refractivity contribution in [2.75, 3.05) is 25.0 Å². The highest BCUT2D eigenvalue weighted by molar-refractivity contribution is 5.59. The van der Waals surface area contributed by atoms with Crippen LogP contribution in [0, 0.1) is 15.5 Å². The van der Waals surface area contributed by atoms with Crippen LogP contribution in [0.3, 0.4) is 0 Å². The largest absolute Gasteiger partial charge is 0.379 e. The molecular weight excluding hydrogens is 232 g/mol. The lowest BCUT2D eigenvalue weighted by Crippen LogP contribution is -2.39. The van der Waals surface area contributed by atoms with Crippen molar-refractivity contribution in [2.45, 2.75) is 19.8 Å². The maximum absolute atomic E-state index is 10.9. The van der Waals surface area contributed by atoms with Crippen molar-refractivity contribution < 1.29 is 4.92 Å². The van der Waals surface area contributed by atoms with E-state index >= 15 is 0 Å². The van der Waals surface area contributed by atoms with Crippen LogP contribution in [-0.4, -0.2) is 29.5 Å². The number of nitro groups is 1. The third-order valence-electron chi connectivity index (χ3n) is 3.51. The molecular formula is C12H18N4O2. The van der Waals surface area contributed by atoms with Gasteiger partial charge in [-0.25, -0.2) is 0 Å². The zero-order chi connectivity index (χ0) is 13.0. The Morgan fingerprint density at radius 2 is 2.28 bits per heavy atom. The van der Waals surface area contributed by atoms with Crippen LogP contribution >= 0.6 is 0 Å². The molecule has 0 saturated carbocycles. The number of pyridine rings is 1. The van der Waals surface area contributed by atoms with Crippen LogP contribution < -0.4 is 10.6 Å². The van der Waals surface area contributed by atoms with Crippen LogP contribution in [0.15, 0.2) is 18.5 Å². The summed E-state index contributed by atoms with van der Waals surface area (Å²) in [7, 11) is 0. The summed E-state index contributed by atoms with van der Waals surface area (Å²) >= 11 is 0. The zero-order valence-corrected chi connectivity index (χ0v) is 10.5. The van der Waals surface area contributed by atoms with Gasteiger partial charge in [-0.15, -0.1) is 0 Å². The second-order valence-corrected chi connectivity index (χ2v) is 5.06. The first-order chi connectivity index (χ1) is 8.61. The highest BCUT2D eigenvalue weighted by Crippen LogP contribution is 2.30. The summed E-state index contributed by atoms with van der Waals surface area (Å²) in [6, 6.07) is 1.66. The fraction of sp³-hybridized carbons (Fsp3) is 0.583. The molecule has 1 fully saturated rings. The molecule has 1 aliphatic heterocycles. The lowest BCUT2D eigenvalue weighted by atomic mass is 9.81. The number of hydrogen-bond acceptors (Lipinski definition) is 5. The van der Waals surface area contributed by atoms with Crippen LogP contribution in [0.2, 0.25) is 0 Å². The van der Waals surface area contributed by atoms with Gasteiger partial charge in [-0.1, -0.05) is 6.92 Å². The van der Waals surface area contributed by atoms with Gasteiger partial charge in [0.15, 0.2) is 0 Å². The molecule has 0 amide bonds. The summed E-state index contributed by atoms with van der Waals surface area (Å²) in [5, 5.41) is 17.4. The Kier molecular flexibility index (Phi) is 3.76. The SMILES string of the molecule is CC1(CNc2ccncc2[N+](=O)[O-])CCNCC1. The van der Waals surface area contributed by atoms with Crippen molar-refractivity contribution in [3.05, 3.63) is 28.6 Å². The highest BCUT2D eigenvalue weighted by atomic mass is 16.6. The van der Waals surface area contributed by atoms with Gasteiger partial charge in [0, 0.05) is 12.7 Å². The summed E-state index contributed by atoms with van der Waals surface area (Å²) in [5.74, 6) is 0. The maximum atomic E-state index is 10.9. The summed E-state index contributed by atoms with van der Waals surface area (Å²) in [5.41, 5.74) is 0.785. The van der Waals surface area contributed by atoms with E-state index in [2.05, 4.69) is 22.5 Å². The van der Waals surface area contributed by atoms with Crippen LogP contribution in [0.5, 0.6) is 0 Å². The van der Waals surface area contributed by atoms with E-state index in [4.69, 9.17) is 0 Å². The first-order valence-corrected chi connectivity index (χ1v) is 6.14. The minimum atomic E-state index is -0.403. The molecule has 1 aliphatic rings. The molecule has 0 bridgehead atoms. The molecule has 1 aromatic heterocycles. The van der Waals surface area contributed by atoms with E-state index in [0.717, 1.165) is 32.5 Å². The molecule has 0 radical (unpaired) electrons. The minimum Gasteiger partial charge on any atom is -0.379 e. The quantitative estimate of drug-likeness (QED) is 0.629. The van der Waals surface area contributed by atoms with Gasteiger partial charge in [0.2, 0.25) is 0 Å². The summed E-state index contributed by atoms with van der Waals surface area (Å²) in [6.45, 7) is 4.99. The highest BCUT2D eigenvalue weighted by Gasteiger charge is 2.27. The third kappa shape index (κ3) is 2.95. The van der Waals surface area contributed by atoms with Crippen molar-refractivity contribution in [3.63, 3.8) is 0 Å². The molecule has 2 heterocycles. The van der Waals surface area contributed by atoms with Gasteiger partial charge < -0.3 is 10.6 Å². The minimum absolute atomic E-state index is 0.0371. The van der Waals surface area contributed by atoms with Crippen molar-refractivity contribution >= 4 is 11.4 Å². The lowest BCUT2D eigenvalue weighted by molar-refractivity contribution is -0.384. The van der Waals surface area contributed by atoms with Gasteiger partial charge in [0.05, 0.1) is 4.92 Å². The number of anilines is 1. The van der Waals surface area contributed by atoms with E-state index in [-0.39, 0.29) is 11.1 Å². The van der Waals surface area contributed by atoms with Crippen LogP contribution in [0.4, 0.5) is 11.4 Å². The molecule has 6 nitrogen and oxygen atoms in total. The number of rotatable bonds is 4. The Bertz CT molecular complexity index is 430. The van der Waals surface area contributed by atoms with Gasteiger partial charge in [-0.05, 0) is 37.4 Å². The molecule has 0 aliphatic carbocycles. The smallest absolute Gasteiger partial charge is 0.310 e. The average molecular weight is 250 g/mol. The summed E-state index contributed by atoms with van der Waals surface area (Å²) in [4.78, 5) is 14.3. The molecule has 0 unspecified atom stereocenters. The molecule has 2 N–H and O–H groups in total. The van der Waals surface area contributed by atoms with Gasteiger partial charge in [0.1, 0.15) is 11.9 Å². The second-order valence-electron chi connectivity index (χ2n) is 5.06. The van der Waals surface area contributed by atoms with Crippen molar-refractivity contribution in [1.29, 1.82) is 0 Å². The van der Waals surface area contributed by atoms with Crippen molar-refractivity contribution in [2.24, 2.45) is 5.41 Å². The Labute approximate surface area is 106 Å². The number of hydrogen-bond donors (Lipinski definition) is 2. The van der Waals surface area contributed by atoms with Gasteiger partial charge >= 0.3 is 5.69 Å². The fourth-order valence-corrected chi connectivity index (χ4v) is 2.20. The van der Waals surface area contributed by atoms with E-state index in [1.807, 2.05) is 0 Å². The van der Waals surface area contributed by atoms with Crippen molar-refractivity contribution in [1.82, 2.24) is 10.3 Å². The van der Waals surface area contributed by atoms with E-state index in [0.29, 0.717) is 5.69 Å². The van der Waals surface area contributed by atoms with E-state index in [9.17, 15) is 10.1 Å². The fourth-order valence-electron chi connectivity index (χ4n) is 2.20. The van der Waals surface area contributed by atoms with Crippen LogP contribution in [0.25, 0.3) is 0 Å².